The Morgan fingerprint density at radius 1 is 1.11 bits per heavy atom. The van der Waals surface area contributed by atoms with Crippen LogP contribution in [0, 0.1) is 0 Å². The van der Waals surface area contributed by atoms with Gasteiger partial charge in [0.1, 0.15) is 5.75 Å². The molecule has 0 bridgehead atoms. The van der Waals surface area contributed by atoms with Crippen LogP contribution in [-0.2, 0) is 6.54 Å². The van der Waals surface area contributed by atoms with E-state index < -0.39 is 0 Å². The van der Waals surface area contributed by atoms with Crippen LogP contribution < -0.4 is 10.1 Å². The maximum atomic E-state index is 6.13. The van der Waals surface area contributed by atoms with Crippen molar-refractivity contribution in [3.63, 3.8) is 0 Å². The van der Waals surface area contributed by atoms with Crippen molar-refractivity contribution in [1.82, 2.24) is 0 Å². The molecule has 0 fully saturated rings. The standard InChI is InChI=1S/C15H15Cl2NO/c1-2-19-15-7-6-13(9-14(15)17)18-10-11-4-3-5-12(16)8-11/h3-9,18H,2,10H2,1H3. The van der Waals surface area contributed by atoms with E-state index in [0.717, 1.165) is 16.3 Å². The number of hydrogen-bond acceptors (Lipinski definition) is 2. The van der Waals surface area contributed by atoms with Crippen molar-refractivity contribution in [2.45, 2.75) is 13.5 Å². The van der Waals surface area contributed by atoms with E-state index in [4.69, 9.17) is 27.9 Å². The van der Waals surface area contributed by atoms with Gasteiger partial charge in [0.15, 0.2) is 0 Å². The number of nitrogens with one attached hydrogen (secondary N) is 1. The number of hydrogen-bond donors (Lipinski definition) is 1. The van der Waals surface area contributed by atoms with Crippen molar-refractivity contribution in [2.75, 3.05) is 11.9 Å². The molecular weight excluding hydrogens is 281 g/mol. The van der Waals surface area contributed by atoms with Gasteiger partial charge in [-0.05, 0) is 42.8 Å². The zero-order valence-corrected chi connectivity index (χ0v) is 12.1. The monoisotopic (exact) mass is 295 g/mol. The topological polar surface area (TPSA) is 21.3 Å². The van der Waals surface area contributed by atoms with E-state index in [9.17, 15) is 0 Å². The number of ether oxygens (including phenoxy) is 1. The molecule has 0 atom stereocenters. The number of benzene rings is 2. The van der Waals surface area contributed by atoms with E-state index in [2.05, 4.69) is 5.32 Å². The summed E-state index contributed by atoms with van der Waals surface area (Å²) in [5, 5.41) is 4.65. The molecule has 4 heteroatoms. The SMILES string of the molecule is CCOc1ccc(NCc2cccc(Cl)c2)cc1Cl. The molecule has 0 spiro atoms. The first-order chi connectivity index (χ1) is 9.19. The number of rotatable bonds is 5. The van der Waals surface area contributed by atoms with Gasteiger partial charge in [-0.15, -0.1) is 0 Å². The summed E-state index contributed by atoms with van der Waals surface area (Å²) < 4.78 is 5.39. The van der Waals surface area contributed by atoms with Crippen LogP contribution >= 0.6 is 23.2 Å². The molecule has 0 aliphatic rings. The first-order valence-electron chi connectivity index (χ1n) is 6.09. The summed E-state index contributed by atoms with van der Waals surface area (Å²) in [6.07, 6.45) is 0. The van der Waals surface area contributed by atoms with Crippen molar-refractivity contribution in [3.05, 3.63) is 58.1 Å². The lowest BCUT2D eigenvalue weighted by Crippen LogP contribution is -2.00. The molecule has 2 rings (SSSR count). The fourth-order valence-electron chi connectivity index (χ4n) is 1.73. The van der Waals surface area contributed by atoms with Gasteiger partial charge in [-0.3, -0.25) is 0 Å². The van der Waals surface area contributed by atoms with Crippen LogP contribution in [0.2, 0.25) is 10.0 Å². The first kappa shape index (κ1) is 14.0. The van der Waals surface area contributed by atoms with E-state index in [-0.39, 0.29) is 0 Å². The minimum absolute atomic E-state index is 0.606. The molecule has 0 aliphatic heterocycles. The van der Waals surface area contributed by atoms with E-state index in [1.54, 1.807) is 0 Å². The second-order valence-electron chi connectivity index (χ2n) is 4.06. The van der Waals surface area contributed by atoms with Crippen molar-refractivity contribution in [3.8, 4) is 5.75 Å². The highest BCUT2D eigenvalue weighted by Crippen LogP contribution is 2.27. The third-order valence-electron chi connectivity index (χ3n) is 2.62. The Morgan fingerprint density at radius 3 is 2.63 bits per heavy atom. The van der Waals surface area contributed by atoms with Gasteiger partial charge in [0, 0.05) is 17.3 Å². The highest BCUT2D eigenvalue weighted by molar-refractivity contribution is 6.32. The van der Waals surface area contributed by atoms with Crippen molar-refractivity contribution in [2.24, 2.45) is 0 Å². The summed E-state index contributed by atoms with van der Waals surface area (Å²) in [7, 11) is 0. The summed E-state index contributed by atoms with van der Waals surface area (Å²) in [4.78, 5) is 0. The molecule has 0 unspecified atom stereocenters. The second kappa shape index (κ2) is 6.69. The Labute approximate surface area is 123 Å². The summed E-state index contributed by atoms with van der Waals surface area (Å²) in [6, 6.07) is 13.4. The lowest BCUT2D eigenvalue weighted by Gasteiger charge is -2.10. The average Bonchev–Trinajstić information content (AvgIpc) is 2.39. The lowest BCUT2D eigenvalue weighted by atomic mass is 10.2. The fraction of sp³-hybridized carbons (Fsp3) is 0.200. The van der Waals surface area contributed by atoms with Crippen molar-refractivity contribution < 1.29 is 4.74 Å². The maximum Gasteiger partial charge on any atom is 0.138 e. The molecule has 0 aliphatic carbocycles. The van der Waals surface area contributed by atoms with Gasteiger partial charge in [-0.2, -0.15) is 0 Å². The first-order valence-corrected chi connectivity index (χ1v) is 6.85. The van der Waals surface area contributed by atoms with E-state index in [0.29, 0.717) is 23.9 Å². The van der Waals surface area contributed by atoms with Gasteiger partial charge in [0.05, 0.1) is 11.6 Å². The normalized spacial score (nSPS) is 10.3. The summed E-state index contributed by atoms with van der Waals surface area (Å²) in [5.74, 6) is 0.706. The third-order valence-corrected chi connectivity index (χ3v) is 3.15. The summed E-state index contributed by atoms with van der Waals surface area (Å²) in [6.45, 7) is 3.24. The number of halogens is 2. The zero-order chi connectivity index (χ0) is 13.7. The molecule has 0 saturated heterocycles. The molecule has 2 nitrogen and oxygen atoms in total. The largest absolute Gasteiger partial charge is 0.492 e. The molecule has 1 N–H and O–H groups in total. The molecule has 0 saturated carbocycles. The van der Waals surface area contributed by atoms with Crippen LogP contribution in [0.3, 0.4) is 0 Å². The van der Waals surface area contributed by atoms with Crippen LogP contribution in [-0.4, -0.2) is 6.61 Å². The molecular formula is C15H15Cl2NO. The van der Waals surface area contributed by atoms with Crippen LogP contribution in [0.5, 0.6) is 5.75 Å². The van der Waals surface area contributed by atoms with Gasteiger partial charge in [0.25, 0.3) is 0 Å². The third kappa shape index (κ3) is 4.05. The van der Waals surface area contributed by atoms with Crippen LogP contribution in [0.4, 0.5) is 5.69 Å². The molecule has 2 aromatic rings. The summed E-state index contributed by atoms with van der Waals surface area (Å²) in [5.41, 5.74) is 2.07. The zero-order valence-electron chi connectivity index (χ0n) is 10.6. The Morgan fingerprint density at radius 2 is 1.95 bits per heavy atom. The fourth-order valence-corrected chi connectivity index (χ4v) is 2.18. The maximum absolute atomic E-state index is 6.13. The van der Waals surface area contributed by atoms with Crippen LogP contribution in [0.1, 0.15) is 12.5 Å². The predicted molar refractivity (Wildman–Crippen MR) is 81.4 cm³/mol. The van der Waals surface area contributed by atoms with Gasteiger partial charge in [-0.1, -0.05) is 35.3 Å². The van der Waals surface area contributed by atoms with E-state index >= 15 is 0 Å². The van der Waals surface area contributed by atoms with Gasteiger partial charge < -0.3 is 10.1 Å². The highest BCUT2D eigenvalue weighted by atomic mass is 35.5. The van der Waals surface area contributed by atoms with E-state index in [1.807, 2.05) is 49.4 Å². The predicted octanol–water partition coefficient (Wildman–Crippen LogP) is 5.00. The second-order valence-corrected chi connectivity index (χ2v) is 4.91. The quantitative estimate of drug-likeness (QED) is 0.838. The average molecular weight is 296 g/mol. The molecule has 100 valence electrons. The number of anilines is 1. The van der Waals surface area contributed by atoms with Gasteiger partial charge >= 0.3 is 0 Å². The molecule has 0 radical (unpaired) electrons. The molecule has 0 heterocycles. The van der Waals surface area contributed by atoms with Crippen molar-refractivity contribution >= 4 is 28.9 Å². The lowest BCUT2D eigenvalue weighted by molar-refractivity contribution is 0.340. The Kier molecular flexibility index (Phi) is 4.94. The van der Waals surface area contributed by atoms with Crippen LogP contribution in [0.15, 0.2) is 42.5 Å². The molecule has 0 amide bonds. The highest BCUT2D eigenvalue weighted by Gasteiger charge is 2.02. The van der Waals surface area contributed by atoms with Gasteiger partial charge in [0.2, 0.25) is 0 Å². The molecule has 2 aromatic carbocycles. The Hall–Kier alpha value is -1.38. The van der Waals surface area contributed by atoms with E-state index in [1.165, 1.54) is 0 Å². The van der Waals surface area contributed by atoms with Gasteiger partial charge in [-0.25, -0.2) is 0 Å². The summed E-state index contributed by atoms with van der Waals surface area (Å²) >= 11 is 12.1. The Bertz CT molecular complexity index is 558. The minimum atomic E-state index is 0.606. The molecule has 19 heavy (non-hydrogen) atoms. The Balaban J connectivity index is 2.02. The minimum Gasteiger partial charge on any atom is -0.492 e. The molecule has 0 aromatic heterocycles. The van der Waals surface area contributed by atoms with Crippen molar-refractivity contribution in [1.29, 1.82) is 0 Å². The van der Waals surface area contributed by atoms with Crippen LogP contribution in [0.25, 0.3) is 0 Å². The smallest absolute Gasteiger partial charge is 0.138 e.